The highest BCUT2D eigenvalue weighted by Gasteiger charge is 2.49. The van der Waals surface area contributed by atoms with Gasteiger partial charge in [0.25, 0.3) is 0 Å². The molecule has 4 rings (SSSR count). The number of tetrazole rings is 1. The molecule has 2 fully saturated rings. The summed E-state index contributed by atoms with van der Waals surface area (Å²) in [5.74, 6) is 0.955. The van der Waals surface area contributed by atoms with E-state index in [4.69, 9.17) is 4.74 Å². The molecule has 0 radical (unpaired) electrons. The molecule has 2 aromatic rings. The highest BCUT2D eigenvalue weighted by Crippen LogP contribution is 2.41. The number of carbonyl (C=O) groups excluding carboxylic acids is 1. The predicted octanol–water partition coefficient (Wildman–Crippen LogP) is 1.13. The molecule has 26 heavy (non-hydrogen) atoms. The first-order valence-electron chi connectivity index (χ1n) is 9.11. The molecule has 8 nitrogen and oxygen atoms in total. The first-order chi connectivity index (χ1) is 12.7. The van der Waals surface area contributed by atoms with E-state index in [0.29, 0.717) is 25.6 Å². The molecule has 2 aliphatic heterocycles. The summed E-state index contributed by atoms with van der Waals surface area (Å²) < 4.78 is 6.90. The lowest BCUT2D eigenvalue weighted by molar-refractivity contribution is -0.145. The largest absolute Gasteiger partial charge is 0.383 e. The Morgan fingerprint density at radius 3 is 2.85 bits per heavy atom. The SMILES string of the molecule is COCCN1CCC[C@]2(CCN(c3nnnn3-c3ccccc3)C2)C1=O. The smallest absolute Gasteiger partial charge is 0.250 e. The second-order valence-electron chi connectivity index (χ2n) is 7.07. The van der Waals surface area contributed by atoms with E-state index < -0.39 is 0 Å². The minimum Gasteiger partial charge on any atom is -0.383 e. The lowest BCUT2D eigenvalue weighted by atomic mass is 9.78. The van der Waals surface area contributed by atoms with Gasteiger partial charge in [-0.05, 0) is 41.8 Å². The minimum atomic E-state index is -0.320. The van der Waals surface area contributed by atoms with E-state index in [1.165, 1.54) is 0 Å². The zero-order valence-corrected chi connectivity index (χ0v) is 15.0. The summed E-state index contributed by atoms with van der Waals surface area (Å²) in [7, 11) is 1.67. The Morgan fingerprint density at radius 2 is 2.04 bits per heavy atom. The molecule has 0 bridgehead atoms. The number of hydrogen-bond acceptors (Lipinski definition) is 6. The lowest BCUT2D eigenvalue weighted by Gasteiger charge is -2.39. The molecule has 1 aromatic carbocycles. The van der Waals surface area contributed by atoms with E-state index in [2.05, 4.69) is 20.4 Å². The summed E-state index contributed by atoms with van der Waals surface area (Å²) in [6, 6.07) is 9.84. The molecule has 1 atom stereocenters. The normalized spacial score (nSPS) is 23.2. The number of piperidine rings is 1. The lowest BCUT2D eigenvalue weighted by Crippen LogP contribution is -2.51. The number of nitrogens with zero attached hydrogens (tertiary/aromatic N) is 6. The van der Waals surface area contributed by atoms with Crippen LogP contribution in [-0.4, -0.2) is 70.9 Å². The van der Waals surface area contributed by atoms with E-state index in [1.807, 2.05) is 35.2 Å². The van der Waals surface area contributed by atoms with Gasteiger partial charge in [0.1, 0.15) is 0 Å². The van der Waals surface area contributed by atoms with Crippen molar-refractivity contribution >= 4 is 11.9 Å². The fourth-order valence-electron chi connectivity index (χ4n) is 4.10. The predicted molar refractivity (Wildman–Crippen MR) is 96.1 cm³/mol. The fourth-order valence-corrected chi connectivity index (χ4v) is 4.10. The zero-order chi connectivity index (χ0) is 18.0. The van der Waals surface area contributed by atoms with Crippen LogP contribution in [0.25, 0.3) is 5.69 Å². The molecule has 2 aliphatic rings. The van der Waals surface area contributed by atoms with Gasteiger partial charge in [-0.25, -0.2) is 0 Å². The Kier molecular flexibility index (Phi) is 4.58. The standard InChI is InChI=1S/C18H24N6O2/c1-26-13-12-22-10-5-8-18(16(22)25)9-11-23(14-18)17-19-20-21-24(17)15-6-3-2-4-7-15/h2-4,6-7H,5,8-14H2,1H3/t18-/m1/s1. The van der Waals surface area contributed by atoms with Crippen molar-refractivity contribution in [2.45, 2.75) is 19.3 Å². The van der Waals surface area contributed by atoms with Crippen molar-refractivity contribution in [3.63, 3.8) is 0 Å². The van der Waals surface area contributed by atoms with E-state index in [0.717, 1.165) is 38.0 Å². The van der Waals surface area contributed by atoms with Gasteiger partial charge in [-0.2, -0.15) is 4.68 Å². The Labute approximate surface area is 152 Å². The number of methoxy groups -OCH3 is 1. The van der Waals surface area contributed by atoms with Crippen LogP contribution in [-0.2, 0) is 9.53 Å². The topological polar surface area (TPSA) is 76.4 Å². The van der Waals surface area contributed by atoms with Crippen molar-refractivity contribution in [3.8, 4) is 5.69 Å². The molecular formula is C18H24N6O2. The van der Waals surface area contributed by atoms with Crippen LogP contribution in [0.3, 0.4) is 0 Å². The van der Waals surface area contributed by atoms with Gasteiger partial charge in [0.2, 0.25) is 11.9 Å². The van der Waals surface area contributed by atoms with Gasteiger partial charge in [0.15, 0.2) is 0 Å². The van der Waals surface area contributed by atoms with E-state index in [9.17, 15) is 4.79 Å². The summed E-state index contributed by atoms with van der Waals surface area (Å²) >= 11 is 0. The van der Waals surface area contributed by atoms with Crippen LogP contribution >= 0.6 is 0 Å². The molecule has 3 heterocycles. The van der Waals surface area contributed by atoms with Gasteiger partial charge in [-0.15, -0.1) is 0 Å². The van der Waals surface area contributed by atoms with Crippen molar-refractivity contribution in [2.24, 2.45) is 5.41 Å². The van der Waals surface area contributed by atoms with Crippen LogP contribution in [0.15, 0.2) is 30.3 Å². The highest BCUT2D eigenvalue weighted by molar-refractivity contribution is 5.85. The maximum atomic E-state index is 13.1. The van der Waals surface area contributed by atoms with Gasteiger partial charge in [-0.1, -0.05) is 23.3 Å². The number of aromatic nitrogens is 4. The van der Waals surface area contributed by atoms with Crippen molar-refractivity contribution in [1.29, 1.82) is 0 Å². The Morgan fingerprint density at radius 1 is 1.19 bits per heavy atom. The third-order valence-corrected chi connectivity index (χ3v) is 5.48. The van der Waals surface area contributed by atoms with Crippen LogP contribution in [0, 0.1) is 5.41 Å². The maximum Gasteiger partial charge on any atom is 0.250 e. The van der Waals surface area contributed by atoms with Crippen LogP contribution in [0.4, 0.5) is 5.95 Å². The molecule has 1 aromatic heterocycles. The van der Waals surface area contributed by atoms with Crippen LogP contribution < -0.4 is 4.90 Å². The molecule has 0 unspecified atom stereocenters. The molecular weight excluding hydrogens is 332 g/mol. The van der Waals surface area contributed by atoms with Crippen molar-refractivity contribution in [3.05, 3.63) is 30.3 Å². The van der Waals surface area contributed by atoms with E-state index in [-0.39, 0.29) is 11.3 Å². The second kappa shape index (κ2) is 7.03. The number of carbonyl (C=O) groups is 1. The number of likely N-dealkylation sites (tertiary alicyclic amines) is 1. The summed E-state index contributed by atoms with van der Waals surface area (Å²) in [6.07, 6.45) is 2.81. The number of anilines is 1. The summed E-state index contributed by atoms with van der Waals surface area (Å²) in [5.41, 5.74) is 0.601. The van der Waals surface area contributed by atoms with E-state index >= 15 is 0 Å². The van der Waals surface area contributed by atoms with Gasteiger partial charge in [-0.3, -0.25) is 4.79 Å². The van der Waals surface area contributed by atoms with Gasteiger partial charge >= 0.3 is 0 Å². The van der Waals surface area contributed by atoms with Crippen LogP contribution in [0.2, 0.25) is 0 Å². The van der Waals surface area contributed by atoms with Crippen molar-refractivity contribution < 1.29 is 9.53 Å². The third-order valence-electron chi connectivity index (χ3n) is 5.48. The average molecular weight is 356 g/mol. The first-order valence-corrected chi connectivity index (χ1v) is 9.11. The number of benzene rings is 1. The van der Waals surface area contributed by atoms with Crippen molar-refractivity contribution in [1.82, 2.24) is 25.1 Å². The fraction of sp³-hybridized carbons (Fsp3) is 0.556. The van der Waals surface area contributed by atoms with Gasteiger partial charge in [0, 0.05) is 33.3 Å². The maximum absolute atomic E-state index is 13.1. The monoisotopic (exact) mass is 356 g/mol. The Balaban J connectivity index is 1.54. The first kappa shape index (κ1) is 17.0. The summed E-state index contributed by atoms with van der Waals surface area (Å²) in [4.78, 5) is 17.2. The number of amides is 1. The molecule has 138 valence electrons. The molecule has 1 amide bonds. The van der Waals surface area contributed by atoms with Gasteiger partial charge < -0.3 is 14.5 Å². The Bertz CT molecular complexity index is 764. The second-order valence-corrected chi connectivity index (χ2v) is 7.07. The molecule has 0 N–H and O–H groups in total. The number of ether oxygens (including phenoxy) is 1. The molecule has 0 saturated carbocycles. The summed E-state index contributed by atoms with van der Waals surface area (Å²) in [5, 5.41) is 12.2. The van der Waals surface area contributed by atoms with Gasteiger partial charge in [0.05, 0.1) is 17.7 Å². The number of hydrogen-bond donors (Lipinski definition) is 0. The Hall–Kier alpha value is -2.48. The van der Waals surface area contributed by atoms with Crippen molar-refractivity contribution in [2.75, 3.05) is 44.8 Å². The molecule has 1 spiro atoms. The summed E-state index contributed by atoms with van der Waals surface area (Å²) in [6.45, 7) is 3.53. The van der Waals surface area contributed by atoms with Crippen LogP contribution in [0.1, 0.15) is 19.3 Å². The highest BCUT2D eigenvalue weighted by atomic mass is 16.5. The molecule has 8 heteroatoms. The third kappa shape index (κ3) is 2.94. The number of para-hydroxylation sites is 1. The minimum absolute atomic E-state index is 0.252. The molecule has 2 saturated heterocycles. The zero-order valence-electron chi connectivity index (χ0n) is 15.0. The average Bonchev–Trinajstić information content (AvgIpc) is 3.32. The quantitative estimate of drug-likeness (QED) is 0.799. The van der Waals surface area contributed by atoms with E-state index in [1.54, 1.807) is 11.8 Å². The number of rotatable bonds is 5. The molecule has 0 aliphatic carbocycles. The van der Waals surface area contributed by atoms with Crippen LogP contribution in [0.5, 0.6) is 0 Å².